The van der Waals surface area contributed by atoms with Crippen LogP contribution in [0, 0.1) is 0 Å². The van der Waals surface area contributed by atoms with Gasteiger partial charge in [-0.1, -0.05) is 0 Å². The van der Waals surface area contributed by atoms with Gasteiger partial charge >= 0.3 is 0 Å². The van der Waals surface area contributed by atoms with E-state index in [0.717, 1.165) is 61.8 Å². The number of rotatable bonds is 5. The number of ether oxygens (including phenoxy) is 2. The molecule has 0 atom stereocenters. The van der Waals surface area contributed by atoms with E-state index in [1.807, 2.05) is 28.0 Å². The molecule has 0 spiro atoms. The Bertz CT molecular complexity index is 731. The highest BCUT2D eigenvalue weighted by atomic mass is 32.2. The van der Waals surface area contributed by atoms with Gasteiger partial charge < -0.3 is 19.3 Å². The lowest BCUT2D eigenvalue weighted by Crippen LogP contribution is -2.51. The Morgan fingerprint density at radius 2 is 1.52 bits per heavy atom. The van der Waals surface area contributed by atoms with Crippen molar-refractivity contribution >= 4 is 23.6 Å². The zero-order chi connectivity index (χ0) is 20.1. The number of hydrogen-bond acceptors (Lipinski definition) is 6. The number of benzene rings is 1. The number of carbonyl (C=O) groups is 2. The standard InChI is InChI=1S/C21H29N3O4S/c25-20(23-6-1-2-7-23)15-22-8-10-24(11-9-22)21(26)16-29-17-4-5-18-19(14-17)28-13-3-12-27-18/h4-5,14H,1-3,6-13,15-16H2. The molecular formula is C21H29N3O4S. The van der Waals surface area contributed by atoms with Crippen LogP contribution in [0.15, 0.2) is 23.1 Å². The number of thioether (sulfide) groups is 1. The highest BCUT2D eigenvalue weighted by Crippen LogP contribution is 2.34. The van der Waals surface area contributed by atoms with E-state index in [1.165, 1.54) is 11.8 Å². The molecule has 4 rings (SSSR count). The molecule has 7 nitrogen and oxygen atoms in total. The number of fused-ring (bicyclic) bond motifs is 1. The Kier molecular flexibility index (Phi) is 6.82. The summed E-state index contributed by atoms with van der Waals surface area (Å²) in [5, 5.41) is 0. The van der Waals surface area contributed by atoms with Gasteiger partial charge in [0.05, 0.1) is 25.5 Å². The quantitative estimate of drug-likeness (QED) is 0.677. The van der Waals surface area contributed by atoms with Gasteiger partial charge in [0.25, 0.3) is 0 Å². The lowest BCUT2D eigenvalue weighted by molar-refractivity contribution is -0.133. The third kappa shape index (κ3) is 5.36. The number of hydrogen-bond donors (Lipinski definition) is 0. The first-order valence-corrected chi connectivity index (χ1v) is 11.5. The SMILES string of the molecule is O=C(CSc1ccc2c(c1)OCCCO2)N1CCN(CC(=O)N2CCCC2)CC1. The van der Waals surface area contributed by atoms with Crippen molar-refractivity contribution in [3.8, 4) is 11.5 Å². The van der Waals surface area contributed by atoms with Crippen LogP contribution in [0.1, 0.15) is 19.3 Å². The summed E-state index contributed by atoms with van der Waals surface area (Å²) in [6.07, 6.45) is 3.12. The molecule has 2 fully saturated rings. The average molecular weight is 420 g/mol. The maximum atomic E-state index is 12.6. The smallest absolute Gasteiger partial charge is 0.236 e. The fourth-order valence-corrected chi connectivity index (χ4v) is 4.71. The molecule has 1 aromatic rings. The minimum atomic E-state index is 0.146. The van der Waals surface area contributed by atoms with Crippen molar-refractivity contribution in [3.63, 3.8) is 0 Å². The zero-order valence-electron chi connectivity index (χ0n) is 16.8. The largest absolute Gasteiger partial charge is 0.490 e. The van der Waals surface area contributed by atoms with Crippen LogP contribution in [-0.2, 0) is 9.59 Å². The number of likely N-dealkylation sites (tertiary alicyclic amines) is 1. The van der Waals surface area contributed by atoms with Crippen LogP contribution >= 0.6 is 11.8 Å². The molecule has 3 heterocycles. The van der Waals surface area contributed by atoms with Crippen molar-refractivity contribution in [1.29, 1.82) is 0 Å². The fourth-order valence-electron chi connectivity index (χ4n) is 3.88. The summed E-state index contributed by atoms with van der Waals surface area (Å²) < 4.78 is 11.4. The second-order valence-corrected chi connectivity index (χ2v) is 8.74. The van der Waals surface area contributed by atoms with Gasteiger partial charge in [-0.15, -0.1) is 11.8 Å². The van der Waals surface area contributed by atoms with E-state index in [4.69, 9.17) is 9.47 Å². The first-order chi connectivity index (χ1) is 14.2. The second-order valence-electron chi connectivity index (χ2n) is 7.69. The van der Waals surface area contributed by atoms with Gasteiger partial charge in [0.15, 0.2) is 11.5 Å². The normalized spacial score (nSPS) is 19.9. The van der Waals surface area contributed by atoms with Gasteiger partial charge in [-0.2, -0.15) is 0 Å². The second kappa shape index (κ2) is 9.71. The van der Waals surface area contributed by atoms with E-state index in [0.29, 0.717) is 38.6 Å². The predicted octanol–water partition coefficient (Wildman–Crippen LogP) is 1.71. The minimum absolute atomic E-state index is 0.146. The van der Waals surface area contributed by atoms with E-state index in [-0.39, 0.29) is 11.8 Å². The maximum absolute atomic E-state index is 12.6. The van der Waals surface area contributed by atoms with Gasteiger partial charge in [-0.25, -0.2) is 0 Å². The van der Waals surface area contributed by atoms with Gasteiger partial charge in [-0.05, 0) is 31.0 Å². The molecule has 0 bridgehead atoms. The molecule has 2 amide bonds. The molecular weight excluding hydrogens is 390 g/mol. The lowest BCUT2D eigenvalue weighted by Gasteiger charge is -2.35. The molecule has 0 aliphatic carbocycles. The number of amides is 2. The Hall–Kier alpha value is -1.93. The summed E-state index contributed by atoms with van der Waals surface area (Å²) in [7, 11) is 0. The van der Waals surface area contributed by atoms with E-state index < -0.39 is 0 Å². The molecule has 3 aliphatic rings. The molecule has 8 heteroatoms. The summed E-state index contributed by atoms with van der Waals surface area (Å²) in [6, 6.07) is 5.86. The minimum Gasteiger partial charge on any atom is -0.490 e. The number of nitrogens with zero attached hydrogens (tertiary/aromatic N) is 3. The number of piperazine rings is 1. The highest BCUT2D eigenvalue weighted by Gasteiger charge is 2.25. The first-order valence-electron chi connectivity index (χ1n) is 10.5. The molecule has 29 heavy (non-hydrogen) atoms. The summed E-state index contributed by atoms with van der Waals surface area (Å²) in [4.78, 5) is 32.0. The lowest BCUT2D eigenvalue weighted by atomic mass is 10.3. The molecule has 0 N–H and O–H groups in total. The van der Waals surface area contributed by atoms with Crippen LogP contribution in [0.25, 0.3) is 0 Å². The third-order valence-electron chi connectivity index (χ3n) is 5.62. The zero-order valence-corrected chi connectivity index (χ0v) is 17.6. The Morgan fingerprint density at radius 3 is 2.28 bits per heavy atom. The molecule has 0 radical (unpaired) electrons. The van der Waals surface area contributed by atoms with Gasteiger partial charge in [0.1, 0.15) is 0 Å². The van der Waals surface area contributed by atoms with E-state index in [2.05, 4.69) is 4.90 Å². The highest BCUT2D eigenvalue weighted by molar-refractivity contribution is 8.00. The van der Waals surface area contributed by atoms with Crippen LogP contribution in [0.5, 0.6) is 11.5 Å². The molecule has 0 saturated carbocycles. The van der Waals surface area contributed by atoms with Crippen molar-refractivity contribution in [3.05, 3.63) is 18.2 Å². The van der Waals surface area contributed by atoms with Crippen LogP contribution in [0.4, 0.5) is 0 Å². The van der Waals surface area contributed by atoms with Crippen LogP contribution in [0.3, 0.4) is 0 Å². The van der Waals surface area contributed by atoms with Crippen molar-refractivity contribution in [2.45, 2.75) is 24.2 Å². The molecule has 0 unspecified atom stereocenters. The summed E-state index contributed by atoms with van der Waals surface area (Å²) >= 11 is 1.53. The molecule has 2 saturated heterocycles. The Labute approximate surface area is 176 Å². The fraction of sp³-hybridized carbons (Fsp3) is 0.619. The third-order valence-corrected chi connectivity index (χ3v) is 6.60. The van der Waals surface area contributed by atoms with Crippen molar-refractivity contribution in [2.75, 3.05) is 64.8 Å². The molecule has 0 aromatic heterocycles. The summed E-state index contributed by atoms with van der Waals surface area (Å²) in [5.41, 5.74) is 0. The van der Waals surface area contributed by atoms with E-state index >= 15 is 0 Å². The molecule has 158 valence electrons. The van der Waals surface area contributed by atoms with Crippen LogP contribution < -0.4 is 9.47 Å². The molecule has 1 aromatic carbocycles. The van der Waals surface area contributed by atoms with E-state index in [1.54, 1.807) is 0 Å². The van der Waals surface area contributed by atoms with Crippen molar-refractivity contribution < 1.29 is 19.1 Å². The van der Waals surface area contributed by atoms with Gasteiger partial charge in [-0.3, -0.25) is 14.5 Å². The van der Waals surface area contributed by atoms with Gasteiger partial charge in [0.2, 0.25) is 11.8 Å². The first kappa shape index (κ1) is 20.3. The Balaban J connectivity index is 1.21. The monoisotopic (exact) mass is 419 g/mol. The number of carbonyl (C=O) groups excluding carboxylic acids is 2. The summed E-state index contributed by atoms with van der Waals surface area (Å²) in [5.74, 6) is 2.32. The van der Waals surface area contributed by atoms with Crippen molar-refractivity contribution in [2.24, 2.45) is 0 Å². The average Bonchev–Trinajstić information content (AvgIpc) is 3.19. The summed E-state index contributed by atoms with van der Waals surface area (Å²) in [6.45, 7) is 6.51. The maximum Gasteiger partial charge on any atom is 0.236 e. The molecule has 3 aliphatic heterocycles. The Morgan fingerprint density at radius 1 is 0.828 bits per heavy atom. The van der Waals surface area contributed by atoms with Crippen molar-refractivity contribution in [1.82, 2.24) is 14.7 Å². The van der Waals surface area contributed by atoms with E-state index in [9.17, 15) is 9.59 Å². The van der Waals surface area contributed by atoms with Crippen LogP contribution in [0.2, 0.25) is 0 Å². The van der Waals surface area contributed by atoms with Crippen LogP contribution in [-0.4, -0.2) is 91.3 Å². The predicted molar refractivity (Wildman–Crippen MR) is 112 cm³/mol. The topological polar surface area (TPSA) is 62.3 Å². The van der Waals surface area contributed by atoms with Gasteiger partial charge in [0, 0.05) is 50.6 Å².